The molecule has 1 amide bonds. The second-order valence-electron chi connectivity index (χ2n) is 6.96. The molecule has 0 saturated heterocycles. The van der Waals surface area contributed by atoms with Gasteiger partial charge in [-0.1, -0.05) is 18.5 Å². The first-order chi connectivity index (χ1) is 14.0. The second kappa shape index (κ2) is 7.87. The average molecular weight is 415 g/mol. The quantitative estimate of drug-likeness (QED) is 0.648. The minimum Gasteiger partial charge on any atom is -0.497 e. The van der Waals surface area contributed by atoms with Crippen molar-refractivity contribution in [3.05, 3.63) is 52.7 Å². The van der Waals surface area contributed by atoms with Crippen LogP contribution in [0, 0.1) is 0 Å². The van der Waals surface area contributed by atoms with E-state index in [1.165, 1.54) is 0 Å². The Labute approximate surface area is 174 Å². The van der Waals surface area contributed by atoms with E-state index in [9.17, 15) is 4.79 Å². The molecule has 0 fully saturated rings. The number of nitrogens with zero attached hydrogens (tertiary/aromatic N) is 1. The molecule has 0 aliphatic carbocycles. The Hall–Kier alpha value is -2.86. The first-order valence-electron chi connectivity index (χ1n) is 9.53. The Morgan fingerprint density at radius 3 is 2.79 bits per heavy atom. The van der Waals surface area contributed by atoms with Crippen molar-refractivity contribution < 1.29 is 19.0 Å². The smallest absolute Gasteiger partial charge is 0.268 e. The van der Waals surface area contributed by atoms with Crippen LogP contribution < -0.4 is 19.5 Å². The number of carbonyl (C=O) groups is 1. The first kappa shape index (κ1) is 19.5. The Kier molecular flexibility index (Phi) is 5.28. The van der Waals surface area contributed by atoms with Crippen LogP contribution >= 0.6 is 11.6 Å². The van der Waals surface area contributed by atoms with Crippen LogP contribution in [0.5, 0.6) is 17.2 Å². The van der Waals surface area contributed by atoms with Crippen molar-refractivity contribution >= 4 is 28.4 Å². The van der Waals surface area contributed by atoms with Gasteiger partial charge in [0.2, 0.25) is 0 Å². The molecule has 0 radical (unpaired) electrons. The number of carbonyl (C=O) groups excluding carboxylic acids is 1. The molecule has 4 rings (SSSR count). The molecule has 3 aromatic rings. The van der Waals surface area contributed by atoms with Gasteiger partial charge in [0, 0.05) is 17.5 Å². The van der Waals surface area contributed by atoms with Crippen molar-refractivity contribution in [2.45, 2.75) is 32.5 Å². The van der Waals surface area contributed by atoms with Gasteiger partial charge < -0.3 is 24.1 Å². The highest BCUT2D eigenvalue weighted by Gasteiger charge is 2.27. The Bertz CT molecular complexity index is 1080. The van der Waals surface area contributed by atoms with Gasteiger partial charge in [-0.2, -0.15) is 0 Å². The van der Waals surface area contributed by atoms with Crippen LogP contribution in [0.25, 0.3) is 10.9 Å². The van der Waals surface area contributed by atoms with Gasteiger partial charge >= 0.3 is 0 Å². The number of hydrogen-bond acceptors (Lipinski definition) is 4. The molecule has 152 valence electrons. The summed E-state index contributed by atoms with van der Waals surface area (Å²) in [6.45, 7) is 2.99. The third-order valence-corrected chi connectivity index (χ3v) is 5.59. The zero-order valence-electron chi connectivity index (χ0n) is 16.6. The van der Waals surface area contributed by atoms with Gasteiger partial charge in [-0.25, -0.2) is 0 Å². The minimum atomic E-state index is -0.176. The summed E-state index contributed by atoms with van der Waals surface area (Å²) in [4.78, 5) is 13.1. The van der Waals surface area contributed by atoms with Gasteiger partial charge in [-0.05, 0) is 42.8 Å². The predicted molar refractivity (Wildman–Crippen MR) is 112 cm³/mol. The summed E-state index contributed by atoms with van der Waals surface area (Å²) < 4.78 is 18.7. The lowest BCUT2D eigenvalue weighted by Crippen LogP contribution is -2.31. The van der Waals surface area contributed by atoms with Crippen LogP contribution in [0.2, 0.25) is 5.02 Å². The molecule has 1 aromatic heterocycles. The maximum atomic E-state index is 13.1. The Balaban J connectivity index is 1.65. The van der Waals surface area contributed by atoms with E-state index in [2.05, 4.69) is 12.2 Å². The van der Waals surface area contributed by atoms with Crippen LogP contribution in [0.1, 0.15) is 29.4 Å². The lowest BCUT2D eigenvalue weighted by Gasteiger charge is -2.26. The largest absolute Gasteiger partial charge is 0.497 e. The van der Waals surface area contributed by atoms with Crippen LogP contribution in [-0.2, 0) is 13.1 Å². The normalized spacial score (nSPS) is 15.1. The van der Waals surface area contributed by atoms with E-state index < -0.39 is 0 Å². The molecule has 0 unspecified atom stereocenters. The Morgan fingerprint density at radius 1 is 1.24 bits per heavy atom. The molecule has 7 heteroatoms. The van der Waals surface area contributed by atoms with E-state index in [4.69, 9.17) is 25.8 Å². The standard InChI is InChI=1S/C22H23ClN2O4/c1-4-14-12-25-18(10-16-17(23)6-8-20(29-14)21(16)25)22(26)24-11-13-9-15(27-2)5-7-19(13)28-3/h5-10,14H,4,11-12H2,1-3H3,(H,24,26)/t14-/m0/s1. The van der Waals surface area contributed by atoms with Crippen molar-refractivity contribution in [1.82, 2.24) is 9.88 Å². The summed E-state index contributed by atoms with van der Waals surface area (Å²) in [5.74, 6) is 1.98. The minimum absolute atomic E-state index is 0.0179. The van der Waals surface area contributed by atoms with E-state index >= 15 is 0 Å². The number of amides is 1. The molecule has 1 aliphatic heterocycles. The van der Waals surface area contributed by atoms with E-state index in [0.717, 1.165) is 28.6 Å². The zero-order valence-corrected chi connectivity index (χ0v) is 17.4. The van der Waals surface area contributed by atoms with Crippen molar-refractivity contribution in [3.63, 3.8) is 0 Å². The Morgan fingerprint density at radius 2 is 2.07 bits per heavy atom. The van der Waals surface area contributed by atoms with Gasteiger partial charge in [0.15, 0.2) is 0 Å². The molecule has 2 heterocycles. The summed E-state index contributed by atoms with van der Waals surface area (Å²) >= 11 is 6.39. The van der Waals surface area contributed by atoms with Crippen molar-refractivity contribution in [1.29, 1.82) is 0 Å². The third kappa shape index (κ3) is 3.49. The number of ether oxygens (including phenoxy) is 3. The fourth-order valence-corrected chi connectivity index (χ4v) is 3.91. The van der Waals surface area contributed by atoms with Crippen molar-refractivity contribution in [2.75, 3.05) is 14.2 Å². The fourth-order valence-electron chi connectivity index (χ4n) is 3.71. The van der Waals surface area contributed by atoms with Gasteiger partial charge in [0.1, 0.15) is 29.0 Å². The summed E-state index contributed by atoms with van der Waals surface area (Å²) in [5, 5.41) is 4.42. The molecule has 2 aromatic carbocycles. The maximum Gasteiger partial charge on any atom is 0.268 e. The van der Waals surface area contributed by atoms with E-state index in [-0.39, 0.29) is 12.0 Å². The lowest BCUT2D eigenvalue weighted by atomic mass is 10.2. The lowest BCUT2D eigenvalue weighted by molar-refractivity contribution is 0.0935. The number of aromatic nitrogens is 1. The average Bonchev–Trinajstić information content (AvgIpc) is 3.15. The SMILES string of the molecule is CC[C@H]1Cn2c(C(=O)NCc3cc(OC)ccc3OC)cc3c(Cl)ccc(c32)O1. The first-order valence-corrected chi connectivity index (χ1v) is 9.91. The number of hydrogen-bond donors (Lipinski definition) is 1. The molecular formula is C22H23ClN2O4. The van der Waals surface area contributed by atoms with Crippen LogP contribution in [-0.4, -0.2) is 30.8 Å². The summed E-state index contributed by atoms with van der Waals surface area (Å²) in [6, 6.07) is 11.0. The monoisotopic (exact) mass is 414 g/mol. The molecule has 1 aliphatic rings. The molecule has 0 spiro atoms. The second-order valence-corrected chi connectivity index (χ2v) is 7.36. The van der Waals surface area contributed by atoms with Crippen LogP contribution in [0.4, 0.5) is 0 Å². The number of nitrogens with one attached hydrogen (secondary N) is 1. The third-order valence-electron chi connectivity index (χ3n) is 5.26. The van der Waals surface area contributed by atoms with Crippen LogP contribution in [0.3, 0.4) is 0 Å². The molecule has 1 atom stereocenters. The van der Waals surface area contributed by atoms with Crippen LogP contribution in [0.15, 0.2) is 36.4 Å². The number of halogens is 1. The van der Waals surface area contributed by atoms with E-state index in [0.29, 0.717) is 35.3 Å². The number of methoxy groups -OCH3 is 2. The number of benzene rings is 2. The van der Waals surface area contributed by atoms with Crippen molar-refractivity contribution in [3.8, 4) is 17.2 Å². The molecular weight excluding hydrogens is 392 g/mol. The zero-order chi connectivity index (χ0) is 20.5. The van der Waals surface area contributed by atoms with Gasteiger partial charge in [0.05, 0.1) is 31.3 Å². The van der Waals surface area contributed by atoms with E-state index in [1.54, 1.807) is 14.2 Å². The highest BCUT2D eigenvalue weighted by molar-refractivity contribution is 6.36. The van der Waals surface area contributed by atoms with Gasteiger partial charge in [-0.3, -0.25) is 4.79 Å². The highest BCUT2D eigenvalue weighted by atomic mass is 35.5. The molecule has 0 saturated carbocycles. The number of rotatable bonds is 6. The highest BCUT2D eigenvalue weighted by Crippen LogP contribution is 2.38. The summed E-state index contributed by atoms with van der Waals surface area (Å²) in [5.41, 5.74) is 2.27. The van der Waals surface area contributed by atoms with Crippen molar-refractivity contribution in [2.24, 2.45) is 0 Å². The molecule has 29 heavy (non-hydrogen) atoms. The summed E-state index contributed by atoms with van der Waals surface area (Å²) in [6.07, 6.45) is 0.869. The van der Waals surface area contributed by atoms with Gasteiger partial charge in [0.25, 0.3) is 5.91 Å². The maximum absolute atomic E-state index is 13.1. The fraction of sp³-hybridized carbons (Fsp3) is 0.318. The summed E-state index contributed by atoms with van der Waals surface area (Å²) in [7, 11) is 3.21. The molecule has 0 bridgehead atoms. The molecule has 6 nitrogen and oxygen atoms in total. The van der Waals surface area contributed by atoms with Gasteiger partial charge in [-0.15, -0.1) is 0 Å². The molecule has 1 N–H and O–H groups in total. The topological polar surface area (TPSA) is 61.7 Å². The van der Waals surface area contributed by atoms with E-state index in [1.807, 2.05) is 41.0 Å². The predicted octanol–water partition coefficient (Wildman–Crippen LogP) is 4.41.